The number of benzene rings is 2. The minimum atomic E-state index is -0.212. The topological polar surface area (TPSA) is 38.9 Å². The fraction of sp³-hybridized carbons (Fsp3) is 0.0625. The van der Waals surface area contributed by atoms with E-state index in [9.17, 15) is 0 Å². The molecule has 1 heterocycles. The van der Waals surface area contributed by atoms with Gasteiger partial charge in [0.25, 0.3) is 0 Å². The van der Waals surface area contributed by atoms with Crippen LogP contribution in [0.2, 0.25) is 5.02 Å². The van der Waals surface area contributed by atoms with E-state index in [1.165, 1.54) is 0 Å². The van der Waals surface area contributed by atoms with Crippen LogP contribution in [0, 0.1) is 0 Å². The van der Waals surface area contributed by atoms with Gasteiger partial charge in [0.15, 0.2) is 0 Å². The van der Waals surface area contributed by atoms with E-state index in [-0.39, 0.29) is 6.04 Å². The number of rotatable bonds is 2. The van der Waals surface area contributed by atoms with Gasteiger partial charge in [0, 0.05) is 16.1 Å². The Morgan fingerprint density at radius 2 is 1.95 bits per heavy atom. The smallest absolute Gasteiger partial charge is 0.0705 e. The van der Waals surface area contributed by atoms with Crippen molar-refractivity contribution in [3.05, 3.63) is 75.4 Å². The van der Waals surface area contributed by atoms with E-state index in [0.29, 0.717) is 5.02 Å². The standard InChI is InChI=1S/C16H12BrClN2/c17-13-9-10(6-7-14(13)18)16(19)12-3-1-5-15-11(12)4-2-8-20-15/h1-9,16H,19H2. The van der Waals surface area contributed by atoms with Gasteiger partial charge in [0.2, 0.25) is 0 Å². The molecule has 1 aromatic heterocycles. The summed E-state index contributed by atoms with van der Waals surface area (Å²) >= 11 is 9.47. The maximum atomic E-state index is 6.41. The Bertz CT molecular complexity index is 768. The zero-order valence-electron chi connectivity index (χ0n) is 10.6. The Hall–Kier alpha value is -1.42. The average molecular weight is 348 g/mol. The van der Waals surface area contributed by atoms with Crippen molar-refractivity contribution in [1.82, 2.24) is 4.98 Å². The molecule has 0 saturated heterocycles. The first-order chi connectivity index (χ1) is 9.66. The normalized spacial score (nSPS) is 12.6. The van der Waals surface area contributed by atoms with Crippen molar-refractivity contribution in [3.63, 3.8) is 0 Å². The van der Waals surface area contributed by atoms with Gasteiger partial charge in [0.05, 0.1) is 16.6 Å². The molecule has 1 unspecified atom stereocenters. The van der Waals surface area contributed by atoms with Crippen LogP contribution in [0.4, 0.5) is 0 Å². The van der Waals surface area contributed by atoms with E-state index in [1.807, 2.05) is 48.5 Å². The molecular weight excluding hydrogens is 336 g/mol. The van der Waals surface area contributed by atoms with Crippen molar-refractivity contribution < 1.29 is 0 Å². The van der Waals surface area contributed by atoms with E-state index in [0.717, 1.165) is 26.5 Å². The summed E-state index contributed by atoms with van der Waals surface area (Å²) in [4.78, 5) is 4.36. The monoisotopic (exact) mass is 346 g/mol. The van der Waals surface area contributed by atoms with Gasteiger partial charge in [-0.1, -0.05) is 35.9 Å². The molecule has 100 valence electrons. The molecule has 0 amide bonds. The third kappa shape index (κ3) is 2.44. The number of hydrogen-bond acceptors (Lipinski definition) is 2. The van der Waals surface area contributed by atoms with Gasteiger partial charge in [0.1, 0.15) is 0 Å². The van der Waals surface area contributed by atoms with E-state index < -0.39 is 0 Å². The second kappa shape index (κ2) is 5.52. The summed E-state index contributed by atoms with van der Waals surface area (Å²) in [6.45, 7) is 0. The maximum absolute atomic E-state index is 6.41. The summed E-state index contributed by atoms with van der Waals surface area (Å²) < 4.78 is 0.852. The Balaban J connectivity index is 2.12. The molecule has 0 bridgehead atoms. The van der Waals surface area contributed by atoms with Gasteiger partial charge < -0.3 is 5.73 Å². The van der Waals surface area contributed by atoms with Gasteiger partial charge in [-0.25, -0.2) is 0 Å². The average Bonchev–Trinajstić information content (AvgIpc) is 2.49. The molecule has 0 aliphatic heterocycles. The van der Waals surface area contributed by atoms with Crippen LogP contribution >= 0.6 is 27.5 Å². The largest absolute Gasteiger partial charge is 0.320 e. The number of nitrogens with two attached hydrogens (primary N) is 1. The summed E-state index contributed by atoms with van der Waals surface area (Å²) in [5.41, 5.74) is 9.43. The van der Waals surface area contributed by atoms with Crippen LogP contribution in [0.5, 0.6) is 0 Å². The quantitative estimate of drug-likeness (QED) is 0.730. The summed E-state index contributed by atoms with van der Waals surface area (Å²) in [6.07, 6.45) is 1.79. The van der Waals surface area contributed by atoms with Gasteiger partial charge in [-0.05, 0) is 51.3 Å². The van der Waals surface area contributed by atoms with E-state index in [4.69, 9.17) is 17.3 Å². The number of fused-ring (bicyclic) bond motifs is 1. The minimum Gasteiger partial charge on any atom is -0.320 e. The Kier molecular flexibility index (Phi) is 3.74. The molecule has 0 radical (unpaired) electrons. The fourth-order valence-electron chi connectivity index (χ4n) is 2.28. The number of pyridine rings is 1. The van der Waals surface area contributed by atoms with Crippen molar-refractivity contribution in [2.75, 3.05) is 0 Å². The molecule has 0 spiro atoms. The predicted molar refractivity (Wildman–Crippen MR) is 86.9 cm³/mol. The Morgan fingerprint density at radius 1 is 1.10 bits per heavy atom. The molecule has 2 N–H and O–H groups in total. The number of halogens is 2. The molecule has 3 rings (SSSR count). The highest BCUT2D eigenvalue weighted by atomic mass is 79.9. The molecule has 0 aliphatic rings. The van der Waals surface area contributed by atoms with Gasteiger partial charge in [-0.2, -0.15) is 0 Å². The number of aromatic nitrogens is 1. The zero-order chi connectivity index (χ0) is 14.1. The lowest BCUT2D eigenvalue weighted by Gasteiger charge is -2.15. The molecule has 4 heteroatoms. The van der Waals surface area contributed by atoms with Crippen LogP contribution in [0.3, 0.4) is 0 Å². The van der Waals surface area contributed by atoms with E-state index in [2.05, 4.69) is 20.9 Å². The summed E-state index contributed by atoms with van der Waals surface area (Å²) in [7, 11) is 0. The molecule has 0 saturated carbocycles. The molecule has 20 heavy (non-hydrogen) atoms. The summed E-state index contributed by atoms with van der Waals surface area (Å²) in [5, 5.41) is 1.76. The van der Waals surface area contributed by atoms with Crippen LogP contribution in [-0.2, 0) is 0 Å². The lowest BCUT2D eigenvalue weighted by Crippen LogP contribution is -2.12. The first kappa shape index (κ1) is 13.6. The third-order valence-corrected chi connectivity index (χ3v) is 4.53. The Morgan fingerprint density at radius 3 is 2.75 bits per heavy atom. The molecule has 3 aromatic rings. The molecule has 1 atom stereocenters. The van der Waals surface area contributed by atoms with E-state index >= 15 is 0 Å². The lowest BCUT2D eigenvalue weighted by molar-refractivity contribution is 0.879. The van der Waals surface area contributed by atoms with Crippen molar-refractivity contribution in [3.8, 4) is 0 Å². The SMILES string of the molecule is NC(c1ccc(Cl)c(Br)c1)c1cccc2ncccc12. The van der Waals surface area contributed by atoms with E-state index in [1.54, 1.807) is 6.20 Å². The summed E-state index contributed by atoms with van der Waals surface area (Å²) in [6, 6.07) is 15.5. The van der Waals surface area contributed by atoms with Crippen LogP contribution < -0.4 is 5.73 Å². The molecule has 0 aliphatic carbocycles. The number of nitrogens with zero attached hydrogens (tertiary/aromatic N) is 1. The highest BCUT2D eigenvalue weighted by Gasteiger charge is 2.13. The van der Waals surface area contributed by atoms with Gasteiger partial charge >= 0.3 is 0 Å². The van der Waals surface area contributed by atoms with Crippen LogP contribution in [0.1, 0.15) is 17.2 Å². The molecular formula is C16H12BrClN2. The Labute approximate surface area is 130 Å². The number of hydrogen-bond donors (Lipinski definition) is 1. The van der Waals surface area contributed by atoms with Crippen molar-refractivity contribution >= 4 is 38.4 Å². The second-order valence-corrected chi connectivity index (χ2v) is 5.83. The molecule has 2 nitrogen and oxygen atoms in total. The second-order valence-electron chi connectivity index (χ2n) is 4.57. The molecule has 2 aromatic carbocycles. The van der Waals surface area contributed by atoms with Crippen molar-refractivity contribution in [2.45, 2.75) is 6.04 Å². The lowest BCUT2D eigenvalue weighted by atomic mass is 9.96. The third-order valence-electron chi connectivity index (χ3n) is 3.32. The highest BCUT2D eigenvalue weighted by molar-refractivity contribution is 9.10. The zero-order valence-corrected chi connectivity index (χ0v) is 12.9. The summed E-state index contributed by atoms with van der Waals surface area (Å²) in [5.74, 6) is 0. The first-order valence-corrected chi connectivity index (χ1v) is 7.38. The van der Waals surface area contributed by atoms with Crippen LogP contribution in [-0.4, -0.2) is 4.98 Å². The van der Waals surface area contributed by atoms with Gasteiger partial charge in [-0.15, -0.1) is 0 Å². The fourth-order valence-corrected chi connectivity index (χ4v) is 2.80. The molecule has 0 fully saturated rings. The van der Waals surface area contributed by atoms with Crippen molar-refractivity contribution in [2.24, 2.45) is 5.73 Å². The van der Waals surface area contributed by atoms with Crippen LogP contribution in [0.15, 0.2) is 59.2 Å². The maximum Gasteiger partial charge on any atom is 0.0705 e. The van der Waals surface area contributed by atoms with Gasteiger partial charge in [-0.3, -0.25) is 4.98 Å². The van der Waals surface area contributed by atoms with Crippen molar-refractivity contribution in [1.29, 1.82) is 0 Å². The minimum absolute atomic E-state index is 0.212. The predicted octanol–water partition coefficient (Wildman–Crippen LogP) is 4.70. The van der Waals surface area contributed by atoms with Crippen LogP contribution in [0.25, 0.3) is 10.9 Å². The highest BCUT2D eigenvalue weighted by Crippen LogP contribution is 2.30. The first-order valence-electron chi connectivity index (χ1n) is 6.21.